The average Bonchev–Trinajstić information content (AvgIpc) is 2.75. The highest BCUT2D eigenvalue weighted by molar-refractivity contribution is 7.91. The summed E-state index contributed by atoms with van der Waals surface area (Å²) in [4.78, 5) is 2.84. The Bertz CT molecular complexity index is 537. The Kier molecular flexibility index (Phi) is 5.87. The van der Waals surface area contributed by atoms with E-state index in [2.05, 4.69) is 4.72 Å². The zero-order valence-corrected chi connectivity index (χ0v) is 13.7. The maximum Gasteiger partial charge on any atom is 0.250 e. The highest BCUT2D eigenvalue weighted by Gasteiger charge is 2.20. The molecule has 1 aromatic rings. The van der Waals surface area contributed by atoms with Crippen LogP contribution >= 0.6 is 23.6 Å². The molecule has 0 fully saturated rings. The van der Waals surface area contributed by atoms with Gasteiger partial charge in [-0.3, -0.25) is 0 Å². The fourth-order valence-electron chi connectivity index (χ4n) is 1.43. The van der Waals surface area contributed by atoms with Crippen LogP contribution in [0.25, 0.3) is 0 Å². The fraction of sp³-hybridized carbons (Fsp3) is 0.545. The van der Waals surface area contributed by atoms with E-state index in [-0.39, 0.29) is 15.2 Å². The lowest BCUT2D eigenvalue weighted by atomic mass is 10.2. The number of hydrogen-bond donors (Lipinski definition) is 2. The summed E-state index contributed by atoms with van der Waals surface area (Å²) < 4.78 is 27.1. The van der Waals surface area contributed by atoms with Crippen molar-refractivity contribution in [1.82, 2.24) is 9.62 Å². The van der Waals surface area contributed by atoms with Crippen LogP contribution in [0.3, 0.4) is 0 Å². The minimum Gasteiger partial charge on any atom is -0.389 e. The molecule has 1 atom stereocenters. The molecular weight excluding hydrogens is 302 g/mol. The van der Waals surface area contributed by atoms with Crippen LogP contribution in [0.2, 0.25) is 0 Å². The maximum absolute atomic E-state index is 12.1. The molecule has 0 amide bonds. The van der Waals surface area contributed by atoms with Gasteiger partial charge in [-0.15, -0.1) is 11.3 Å². The van der Waals surface area contributed by atoms with Crippen LogP contribution in [0.1, 0.15) is 18.2 Å². The van der Waals surface area contributed by atoms with Crippen LogP contribution in [0, 0.1) is 0 Å². The van der Waals surface area contributed by atoms with Gasteiger partial charge >= 0.3 is 0 Å². The van der Waals surface area contributed by atoms with Crippen molar-refractivity contribution in [3.8, 4) is 0 Å². The molecule has 0 radical (unpaired) electrons. The highest BCUT2D eigenvalue weighted by Crippen LogP contribution is 2.21. The number of thiocarbonyl (C=S) groups is 1. The summed E-state index contributed by atoms with van der Waals surface area (Å²) in [6.07, 6.45) is 0.750. The van der Waals surface area contributed by atoms with Gasteiger partial charge in [-0.25, -0.2) is 13.1 Å². The summed E-state index contributed by atoms with van der Waals surface area (Å²) in [6, 6.07) is 3.04. The van der Waals surface area contributed by atoms with Crippen LogP contribution in [-0.4, -0.2) is 45.0 Å². The van der Waals surface area contributed by atoms with Gasteiger partial charge in [0.1, 0.15) is 9.20 Å². The maximum atomic E-state index is 12.1. The summed E-state index contributed by atoms with van der Waals surface area (Å²) in [7, 11) is 0.421. The van der Waals surface area contributed by atoms with E-state index in [1.807, 2.05) is 25.9 Å². The Labute approximate surface area is 123 Å². The van der Waals surface area contributed by atoms with Gasteiger partial charge < -0.3 is 10.6 Å². The lowest BCUT2D eigenvalue weighted by Gasteiger charge is -2.16. The molecule has 0 bridgehead atoms. The lowest BCUT2D eigenvalue weighted by molar-refractivity contribution is 0.379. The van der Waals surface area contributed by atoms with E-state index in [0.29, 0.717) is 4.88 Å². The zero-order chi connectivity index (χ0) is 14.6. The second kappa shape index (κ2) is 6.76. The lowest BCUT2D eigenvalue weighted by Crippen LogP contribution is -2.34. The first kappa shape index (κ1) is 16.5. The molecule has 0 aliphatic heterocycles. The van der Waals surface area contributed by atoms with Gasteiger partial charge in [0.05, 0.1) is 4.88 Å². The normalized spacial score (nSPS) is 13.7. The molecule has 108 valence electrons. The van der Waals surface area contributed by atoms with Gasteiger partial charge in [0.25, 0.3) is 0 Å². The highest BCUT2D eigenvalue weighted by atomic mass is 32.2. The minimum absolute atomic E-state index is 0.122. The van der Waals surface area contributed by atoms with Crippen molar-refractivity contribution in [3.63, 3.8) is 0 Å². The number of hydrogen-bond acceptors (Lipinski definition) is 5. The van der Waals surface area contributed by atoms with Crippen molar-refractivity contribution < 1.29 is 8.42 Å². The fourth-order valence-corrected chi connectivity index (χ4v) is 4.08. The molecule has 19 heavy (non-hydrogen) atoms. The Hall–Kier alpha value is -0.540. The van der Waals surface area contributed by atoms with Gasteiger partial charge in [0.2, 0.25) is 10.0 Å². The van der Waals surface area contributed by atoms with Gasteiger partial charge in [0, 0.05) is 6.04 Å². The summed E-state index contributed by atoms with van der Waals surface area (Å²) in [5.41, 5.74) is 5.47. The van der Waals surface area contributed by atoms with E-state index in [1.165, 1.54) is 6.07 Å². The first-order valence-corrected chi connectivity index (χ1v) is 8.50. The first-order valence-electron chi connectivity index (χ1n) is 5.79. The molecule has 1 heterocycles. The molecule has 8 heteroatoms. The molecule has 1 unspecified atom stereocenters. The van der Waals surface area contributed by atoms with E-state index >= 15 is 0 Å². The van der Waals surface area contributed by atoms with E-state index in [1.54, 1.807) is 6.07 Å². The van der Waals surface area contributed by atoms with Gasteiger partial charge in [-0.1, -0.05) is 12.2 Å². The molecule has 0 aromatic carbocycles. The molecule has 1 aromatic heterocycles. The number of nitrogens with one attached hydrogen (secondary N) is 1. The summed E-state index contributed by atoms with van der Waals surface area (Å²) in [5.74, 6) is 0. The third-order valence-electron chi connectivity index (χ3n) is 2.45. The largest absolute Gasteiger partial charge is 0.389 e. The monoisotopic (exact) mass is 321 g/mol. The topological polar surface area (TPSA) is 75.4 Å². The Morgan fingerprint density at radius 2 is 2.16 bits per heavy atom. The Balaban J connectivity index is 2.72. The quantitative estimate of drug-likeness (QED) is 0.733. The number of thiophene rings is 1. The molecule has 0 aliphatic carbocycles. The van der Waals surface area contributed by atoms with Crippen LogP contribution in [0.15, 0.2) is 16.3 Å². The van der Waals surface area contributed by atoms with E-state index in [4.69, 9.17) is 18.0 Å². The van der Waals surface area contributed by atoms with Gasteiger partial charge in [-0.05, 0) is 46.1 Å². The van der Waals surface area contributed by atoms with Crippen LogP contribution in [0.5, 0.6) is 0 Å². The average molecular weight is 321 g/mol. The predicted octanol–water partition coefficient (Wildman–Crippen LogP) is 1.00. The first-order chi connectivity index (χ1) is 8.72. The smallest absolute Gasteiger partial charge is 0.250 e. The van der Waals surface area contributed by atoms with E-state index in [9.17, 15) is 8.42 Å². The van der Waals surface area contributed by atoms with Crippen molar-refractivity contribution in [2.24, 2.45) is 5.73 Å². The van der Waals surface area contributed by atoms with Crippen molar-refractivity contribution in [3.05, 3.63) is 17.0 Å². The summed E-state index contributed by atoms with van der Waals surface area (Å²) >= 11 is 5.91. The number of nitrogens with two attached hydrogens (primary N) is 1. The standard InChI is InChI=1S/C11H19N3O2S3/c1-8(6-7-14(2)3)13-19(15,16)10-5-4-9(18-10)11(12)17/h4-5,8,13H,6-7H2,1-3H3,(H2,12,17). The van der Waals surface area contributed by atoms with Crippen molar-refractivity contribution in [1.29, 1.82) is 0 Å². The number of rotatable bonds is 7. The molecule has 0 aliphatic rings. The zero-order valence-electron chi connectivity index (χ0n) is 11.2. The second-order valence-corrected chi connectivity index (χ2v) is 8.06. The van der Waals surface area contributed by atoms with Crippen LogP contribution < -0.4 is 10.5 Å². The second-order valence-electron chi connectivity index (χ2n) is 4.60. The number of nitrogens with zero attached hydrogens (tertiary/aromatic N) is 1. The summed E-state index contributed by atoms with van der Waals surface area (Å²) in [6.45, 7) is 2.68. The summed E-state index contributed by atoms with van der Waals surface area (Å²) in [5, 5.41) is 0. The molecule has 3 N–H and O–H groups in total. The van der Waals surface area contributed by atoms with Crippen molar-refractivity contribution in [2.75, 3.05) is 20.6 Å². The Morgan fingerprint density at radius 3 is 2.63 bits per heavy atom. The van der Waals surface area contributed by atoms with Gasteiger partial charge in [-0.2, -0.15) is 0 Å². The Morgan fingerprint density at radius 1 is 1.53 bits per heavy atom. The third kappa shape index (κ3) is 5.15. The van der Waals surface area contributed by atoms with E-state index in [0.717, 1.165) is 24.3 Å². The SMILES string of the molecule is CC(CCN(C)C)NS(=O)(=O)c1ccc(C(N)=S)s1. The third-order valence-corrected chi connectivity index (χ3v) is 6.00. The molecule has 0 spiro atoms. The molecule has 5 nitrogen and oxygen atoms in total. The molecule has 0 saturated carbocycles. The molecule has 1 rings (SSSR count). The predicted molar refractivity (Wildman–Crippen MR) is 83.2 cm³/mol. The molecular formula is C11H19N3O2S3. The van der Waals surface area contributed by atoms with Crippen molar-refractivity contribution in [2.45, 2.75) is 23.6 Å². The number of sulfonamides is 1. The minimum atomic E-state index is -3.49. The van der Waals surface area contributed by atoms with E-state index < -0.39 is 10.0 Å². The molecule has 0 saturated heterocycles. The van der Waals surface area contributed by atoms with Gasteiger partial charge in [0.15, 0.2) is 0 Å². The van der Waals surface area contributed by atoms with Crippen LogP contribution in [0.4, 0.5) is 0 Å². The van der Waals surface area contributed by atoms with Crippen molar-refractivity contribution >= 4 is 38.6 Å². The van der Waals surface area contributed by atoms with Crippen LogP contribution in [-0.2, 0) is 10.0 Å².